The number of carbonyl (C=O) groups is 3. The summed E-state index contributed by atoms with van der Waals surface area (Å²) in [7, 11) is 3.26. The van der Waals surface area contributed by atoms with Gasteiger partial charge in [0.05, 0.1) is 5.92 Å². The molecule has 1 saturated heterocycles. The number of rotatable bonds is 4. The first-order valence-electron chi connectivity index (χ1n) is 6.36. The largest absolute Gasteiger partial charge is 0.480 e. The summed E-state index contributed by atoms with van der Waals surface area (Å²) in [6.45, 7) is 3.49. The third-order valence-corrected chi connectivity index (χ3v) is 3.22. The van der Waals surface area contributed by atoms with Gasteiger partial charge in [0.15, 0.2) is 0 Å². The Morgan fingerprint density at radius 2 is 2.05 bits per heavy atom. The minimum absolute atomic E-state index is 0.00790. The summed E-state index contributed by atoms with van der Waals surface area (Å²) < 4.78 is 4.88. The van der Waals surface area contributed by atoms with E-state index in [2.05, 4.69) is 6.58 Å². The second-order valence-electron chi connectivity index (χ2n) is 4.88. The van der Waals surface area contributed by atoms with Gasteiger partial charge in [0, 0.05) is 20.6 Å². The van der Waals surface area contributed by atoms with Crippen molar-refractivity contribution < 1.29 is 24.2 Å². The molecule has 20 heavy (non-hydrogen) atoms. The van der Waals surface area contributed by atoms with Gasteiger partial charge >= 0.3 is 12.1 Å². The number of likely N-dealkylation sites (tertiary alicyclic amines) is 1. The quantitative estimate of drug-likeness (QED) is 0.762. The maximum atomic E-state index is 11.9. The highest BCUT2D eigenvalue weighted by molar-refractivity contribution is 5.83. The highest BCUT2D eigenvalue weighted by atomic mass is 16.6. The van der Waals surface area contributed by atoms with Gasteiger partial charge in [-0.3, -0.25) is 9.69 Å². The van der Waals surface area contributed by atoms with E-state index in [1.54, 1.807) is 14.1 Å². The number of carboxylic acids is 1. The lowest BCUT2D eigenvalue weighted by atomic mass is 9.92. The van der Waals surface area contributed by atoms with Gasteiger partial charge in [-0.25, -0.2) is 9.59 Å². The summed E-state index contributed by atoms with van der Waals surface area (Å²) in [5, 5.41) is 9.15. The van der Waals surface area contributed by atoms with Crippen molar-refractivity contribution in [2.75, 3.05) is 27.2 Å². The maximum Gasteiger partial charge on any atom is 0.410 e. The van der Waals surface area contributed by atoms with Crippen molar-refractivity contribution in [3.05, 3.63) is 12.7 Å². The van der Waals surface area contributed by atoms with E-state index in [-0.39, 0.29) is 25.5 Å². The molecule has 0 aromatic rings. The summed E-state index contributed by atoms with van der Waals surface area (Å²) in [5.41, 5.74) is 0. The Hall–Kier alpha value is -2.05. The van der Waals surface area contributed by atoms with Crippen LogP contribution in [0.1, 0.15) is 12.8 Å². The number of hydrogen-bond acceptors (Lipinski definition) is 4. The molecular formula is C13H20N2O5. The van der Waals surface area contributed by atoms with Crippen LogP contribution in [0.15, 0.2) is 12.7 Å². The minimum Gasteiger partial charge on any atom is -0.480 e. The van der Waals surface area contributed by atoms with E-state index in [0.717, 1.165) is 4.90 Å². The van der Waals surface area contributed by atoms with Gasteiger partial charge in [0.2, 0.25) is 5.91 Å². The molecule has 2 atom stereocenters. The van der Waals surface area contributed by atoms with Crippen LogP contribution in [0.3, 0.4) is 0 Å². The first-order chi connectivity index (χ1) is 9.38. The fourth-order valence-electron chi connectivity index (χ4n) is 2.21. The number of hydrogen-bond donors (Lipinski definition) is 1. The highest BCUT2D eigenvalue weighted by Crippen LogP contribution is 2.24. The summed E-state index contributed by atoms with van der Waals surface area (Å²) in [5.74, 6) is -1.59. The second kappa shape index (κ2) is 6.93. The molecule has 0 saturated carbocycles. The van der Waals surface area contributed by atoms with Crippen molar-refractivity contribution in [1.29, 1.82) is 0 Å². The van der Waals surface area contributed by atoms with E-state index in [9.17, 15) is 14.4 Å². The molecule has 1 fully saturated rings. The van der Waals surface area contributed by atoms with Gasteiger partial charge in [-0.1, -0.05) is 12.7 Å². The van der Waals surface area contributed by atoms with Gasteiger partial charge in [-0.2, -0.15) is 0 Å². The van der Waals surface area contributed by atoms with Gasteiger partial charge in [0.25, 0.3) is 0 Å². The fourth-order valence-corrected chi connectivity index (χ4v) is 2.21. The first-order valence-corrected chi connectivity index (χ1v) is 6.36. The normalized spacial score (nSPS) is 22.0. The molecule has 1 rings (SSSR count). The zero-order valence-electron chi connectivity index (χ0n) is 11.7. The van der Waals surface area contributed by atoms with Crippen LogP contribution in [-0.2, 0) is 14.3 Å². The molecule has 2 unspecified atom stereocenters. The standard InChI is InChI=1S/C13H20N2O5/c1-4-7-20-13(19)15-8-9(11(16)14(2)3)5-6-10(15)12(17)18/h4,9-10H,1,5-8H2,2-3H3,(H,17,18). The molecule has 1 heterocycles. The first kappa shape index (κ1) is 16.0. The van der Waals surface area contributed by atoms with Crippen LogP contribution < -0.4 is 0 Å². The molecule has 1 aliphatic heterocycles. The van der Waals surface area contributed by atoms with Crippen molar-refractivity contribution in [2.24, 2.45) is 5.92 Å². The van der Waals surface area contributed by atoms with E-state index in [0.29, 0.717) is 6.42 Å². The predicted octanol–water partition coefficient (Wildman–Crippen LogP) is 0.562. The predicted molar refractivity (Wildman–Crippen MR) is 71.1 cm³/mol. The van der Waals surface area contributed by atoms with Crippen molar-refractivity contribution in [1.82, 2.24) is 9.80 Å². The topological polar surface area (TPSA) is 87.2 Å². The van der Waals surface area contributed by atoms with E-state index in [1.165, 1.54) is 11.0 Å². The van der Waals surface area contributed by atoms with Crippen LogP contribution in [0.4, 0.5) is 4.79 Å². The van der Waals surface area contributed by atoms with Crippen LogP contribution in [0.5, 0.6) is 0 Å². The summed E-state index contributed by atoms with van der Waals surface area (Å²) in [6.07, 6.45) is 1.36. The Morgan fingerprint density at radius 3 is 2.55 bits per heavy atom. The average molecular weight is 284 g/mol. The number of carbonyl (C=O) groups excluding carboxylic acids is 2. The Balaban J connectivity index is 2.81. The molecular weight excluding hydrogens is 264 g/mol. The number of carboxylic acid groups (broad SMARTS) is 1. The van der Waals surface area contributed by atoms with Crippen molar-refractivity contribution in [3.63, 3.8) is 0 Å². The lowest BCUT2D eigenvalue weighted by Gasteiger charge is -2.36. The molecule has 1 aliphatic rings. The Kier molecular flexibility index (Phi) is 5.54. The van der Waals surface area contributed by atoms with Crippen LogP contribution in [0.2, 0.25) is 0 Å². The molecule has 0 aliphatic carbocycles. The third-order valence-electron chi connectivity index (χ3n) is 3.22. The fraction of sp³-hybridized carbons (Fsp3) is 0.615. The number of amides is 2. The van der Waals surface area contributed by atoms with E-state index >= 15 is 0 Å². The lowest BCUT2D eigenvalue weighted by Crippen LogP contribution is -2.53. The van der Waals surface area contributed by atoms with Crippen molar-refractivity contribution >= 4 is 18.0 Å². The van der Waals surface area contributed by atoms with Crippen LogP contribution in [0, 0.1) is 5.92 Å². The van der Waals surface area contributed by atoms with Crippen LogP contribution >= 0.6 is 0 Å². The molecule has 0 bridgehead atoms. The Labute approximate surface area is 117 Å². The molecule has 0 radical (unpaired) electrons. The van der Waals surface area contributed by atoms with Crippen molar-refractivity contribution in [2.45, 2.75) is 18.9 Å². The van der Waals surface area contributed by atoms with E-state index in [4.69, 9.17) is 9.84 Å². The maximum absolute atomic E-state index is 11.9. The van der Waals surface area contributed by atoms with Gasteiger partial charge in [0.1, 0.15) is 12.6 Å². The van der Waals surface area contributed by atoms with Gasteiger partial charge in [-0.05, 0) is 12.8 Å². The van der Waals surface area contributed by atoms with Gasteiger partial charge < -0.3 is 14.7 Å². The van der Waals surface area contributed by atoms with Crippen LogP contribution in [-0.4, -0.2) is 66.2 Å². The Morgan fingerprint density at radius 1 is 1.40 bits per heavy atom. The SMILES string of the molecule is C=CCOC(=O)N1CC(C(=O)N(C)C)CCC1C(=O)O. The third kappa shape index (κ3) is 3.72. The zero-order chi connectivity index (χ0) is 15.3. The number of aliphatic carboxylic acids is 1. The molecule has 0 aromatic carbocycles. The van der Waals surface area contributed by atoms with Crippen molar-refractivity contribution in [3.8, 4) is 0 Å². The van der Waals surface area contributed by atoms with Crippen LogP contribution in [0.25, 0.3) is 0 Å². The van der Waals surface area contributed by atoms with Gasteiger partial charge in [-0.15, -0.1) is 0 Å². The molecule has 2 amide bonds. The molecule has 7 heteroatoms. The summed E-state index contributed by atoms with van der Waals surface area (Å²) in [4.78, 5) is 37.6. The summed E-state index contributed by atoms with van der Waals surface area (Å²) >= 11 is 0. The Bertz CT molecular complexity index is 408. The molecule has 0 aromatic heterocycles. The average Bonchev–Trinajstić information content (AvgIpc) is 2.42. The highest BCUT2D eigenvalue weighted by Gasteiger charge is 2.39. The number of ether oxygens (including phenoxy) is 1. The van der Waals surface area contributed by atoms with E-state index < -0.39 is 24.0 Å². The van der Waals surface area contributed by atoms with E-state index in [1.807, 2.05) is 0 Å². The molecule has 7 nitrogen and oxygen atoms in total. The monoisotopic (exact) mass is 284 g/mol. The summed E-state index contributed by atoms with van der Waals surface area (Å²) in [6, 6.07) is -0.946. The molecule has 112 valence electrons. The minimum atomic E-state index is -1.09. The lowest BCUT2D eigenvalue weighted by molar-refractivity contribution is -0.147. The number of piperidine rings is 1. The second-order valence-corrected chi connectivity index (χ2v) is 4.88. The molecule has 1 N–H and O–H groups in total. The molecule has 0 spiro atoms. The number of nitrogens with zero attached hydrogens (tertiary/aromatic N) is 2. The zero-order valence-corrected chi connectivity index (χ0v) is 11.7. The smallest absolute Gasteiger partial charge is 0.410 e.